The first-order valence-electron chi connectivity index (χ1n) is 6.19. The number of hydrogen-bond acceptors (Lipinski definition) is 2. The zero-order valence-electron chi connectivity index (χ0n) is 11.1. The van der Waals surface area contributed by atoms with E-state index in [0.29, 0.717) is 5.56 Å². The number of carbonyl (C=O) groups is 1. The first-order valence-corrected chi connectivity index (χ1v) is 6.19. The molecule has 0 saturated carbocycles. The molecule has 0 aromatic heterocycles. The summed E-state index contributed by atoms with van der Waals surface area (Å²) < 4.78 is 13.7. The molecule has 1 aromatic carbocycles. The molecule has 0 amide bonds. The molecule has 0 aliphatic carbocycles. The van der Waals surface area contributed by atoms with E-state index in [4.69, 9.17) is 5.11 Å². The Morgan fingerprint density at radius 2 is 2.00 bits per heavy atom. The minimum Gasteiger partial charge on any atom is -0.480 e. The lowest BCUT2D eigenvalue weighted by Crippen LogP contribution is -2.39. The fourth-order valence-electron chi connectivity index (χ4n) is 2.06. The average molecular weight is 253 g/mol. The number of carboxylic acids is 1. The molecule has 0 aliphatic rings. The van der Waals surface area contributed by atoms with E-state index in [1.807, 2.05) is 20.8 Å². The highest BCUT2D eigenvalue weighted by atomic mass is 19.1. The van der Waals surface area contributed by atoms with Crippen molar-refractivity contribution in [3.8, 4) is 0 Å². The van der Waals surface area contributed by atoms with E-state index in [0.717, 1.165) is 6.42 Å². The maximum Gasteiger partial charge on any atom is 0.317 e. The van der Waals surface area contributed by atoms with Gasteiger partial charge in [-0.15, -0.1) is 0 Å². The molecule has 2 atom stereocenters. The maximum absolute atomic E-state index is 13.7. The second kappa shape index (κ2) is 6.50. The highest BCUT2D eigenvalue weighted by Crippen LogP contribution is 2.25. The van der Waals surface area contributed by atoms with Gasteiger partial charge in [-0.1, -0.05) is 25.1 Å². The number of rotatable bonds is 6. The Morgan fingerprint density at radius 1 is 1.39 bits per heavy atom. The highest BCUT2D eigenvalue weighted by molar-refractivity contribution is 5.69. The van der Waals surface area contributed by atoms with E-state index in [1.165, 1.54) is 6.07 Å². The van der Waals surface area contributed by atoms with Crippen LogP contribution in [0.3, 0.4) is 0 Å². The maximum atomic E-state index is 13.7. The van der Waals surface area contributed by atoms with E-state index in [1.54, 1.807) is 23.1 Å². The van der Waals surface area contributed by atoms with Crippen LogP contribution in [0.25, 0.3) is 0 Å². The largest absolute Gasteiger partial charge is 0.480 e. The Morgan fingerprint density at radius 3 is 2.50 bits per heavy atom. The van der Waals surface area contributed by atoms with Crippen LogP contribution in [0.15, 0.2) is 24.3 Å². The number of nitrogens with zero attached hydrogens (tertiary/aromatic N) is 1. The standard InChI is InChI=1S/C14H20FNO2/c1-4-10(2)16(9-14(17)18)11(3)12-7-5-6-8-13(12)15/h5-8,10-11H,4,9H2,1-3H3,(H,17,18). The molecule has 0 aliphatic heterocycles. The minimum absolute atomic E-state index is 0.0789. The Bertz CT molecular complexity index is 409. The van der Waals surface area contributed by atoms with Crippen molar-refractivity contribution < 1.29 is 14.3 Å². The van der Waals surface area contributed by atoms with Crippen LogP contribution in [0.2, 0.25) is 0 Å². The van der Waals surface area contributed by atoms with Crippen LogP contribution in [0.4, 0.5) is 4.39 Å². The van der Waals surface area contributed by atoms with Crippen molar-refractivity contribution in [3.05, 3.63) is 35.6 Å². The lowest BCUT2D eigenvalue weighted by atomic mass is 10.0. The van der Waals surface area contributed by atoms with Gasteiger partial charge in [-0.3, -0.25) is 9.69 Å². The van der Waals surface area contributed by atoms with Crippen molar-refractivity contribution in [2.24, 2.45) is 0 Å². The van der Waals surface area contributed by atoms with Crippen LogP contribution >= 0.6 is 0 Å². The van der Waals surface area contributed by atoms with Crippen molar-refractivity contribution >= 4 is 5.97 Å². The molecule has 0 radical (unpaired) electrons. The van der Waals surface area contributed by atoms with E-state index >= 15 is 0 Å². The lowest BCUT2D eigenvalue weighted by molar-refractivity contribution is -0.139. The summed E-state index contributed by atoms with van der Waals surface area (Å²) in [5.41, 5.74) is 0.541. The summed E-state index contributed by atoms with van der Waals surface area (Å²) in [6.45, 7) is 5.71. The van der Waals surface area contributed by atoms with E-state index in [9.17, 15) is 9.18 Å². The molecule has 100 valence electrons. The van der Waals surface area contributed by atoms with E-state index < -0.39 is 5.97 Å². The van der Waals surface area contributed by atoms with Crippen molar-refractivity contribution in [2.45, 2.75) is 39.3 Å². The van der Waals surface area contributed by atoms with Gasteiger partial charge in [-0.25, -0.2) is 4.39 Å². The first kappa shape index (κ1) is 14.6. The highest BCUT2D eigenvalue weighted by Gasteiger charge is 2.24. The first-order chi connectivity index (χ1) is 8.47. The predicted octanol–water partition coefficient (Wildman–Crippen LogP) is 3.07. The molecule has 2 unspecified atom stereocenters. The molecule has 1 aromatic rings. The van der Waals surface area contributed by atoms with Crippen LogP contribution in [0.1, 0.15) is 38.8 Å². The minimum atomic E-state index is -0.890. The van der Waals surface area contributed by atoms with Crippen LogP contribution in [0, 0.1) is 5.82 Å². The lowest BCUT2D eigenvalue weighted by Gasteiger charge is -2.33. The van der Waals surface area contributed by atoms with Crippen molar-refractivity contribution in [2.75, 3.05) is 6.54 Å². The second-order valence-electron chi connectivity index (χ2n) is 4.52. The summed E-state index contributed by atoms with van der Waals surface area (Å²) in [6.07, 6.45) is 0.825. The van der Waals surface area contributed by atoms with Crippen LogP contribution in [-0.2, 0) is 4.79 Å². The fourth-order valence-corrected chi connectivity index (χ4v) is 2.06. The van der Waals surface area contributed by atoms with Gasteiger partial charge in [0.1, 0.15) is 5.82 Å². The summed E-state index contributed by atoms with van der Waals surface area (Å²) in [5, 5.41) is 8.96. The monoisotopic (exact) mass is 253 g/mol. The average Bonchev–Trinajstić information content (AvgIpc) is 2.34. The number of hydrogen-bond donors (Lipinski definition) is 1. The second-order valence-corrected chi connectivity index (χ2v) is 4.52. The molecule has 0 bridgehead atoms. The van der Waals surface area contributed by atoms with Crippen LogP contribution in [-0.4, -0.2) is 28.6 Å². The third kappa shape index (κ3) is 3.53. The fraction of sp³-hybridized carbons (Fsp3) is 0.500. The van der Waals surface area contributed by atoms with Gasteiger partial charge in [0, 0.05) is 17.6 Å². The molecule has 18 heavy (non-hydrogen) atoms. The molecule has 1 N–H and O–H groups in total. The summed E-state index contributed by atoms with van der Waals surface area (Å²) in [6, 6.07) is 6.35. The molecule has 0 heterocycles. The van der Waals surface area contributed by atoms with Gasteiger partial charge in [0.2, 0.25) is 0 Å². The molecule has 0 fully saturated rings. The molecule has 1 rings (SSSR count). The SMILES string of the molecule is CCC(C)N(CC(=O)O)C(C)c1ccccc1F. The number of benzene rings is 1. The zero-order chi connectivity index (χ0) is 13.7. The van der Waals surface area contributed by atoms with Crippen LogP contribution in [0.5, 0.6) is 0 Å². The Balaban J connectivity index is 2.98. The smallest absolute Gasteiger partial charge is 0.317 e. The summed E-state index contributed by atoms with van der Waals surface area (Å²) in [4.78, 5) is 12.7. The molecular formula is C14H20FNO2. The third-order valence-corrected chi connectivity index (χ3v) is 3.33. The van der Waals surface area contributed by atoms with E-state index in [-0.39, 0.29) is 24.4 Å². The summed E-state index contributed by atoms with van der Waals surface area (Å²) in [5.74, 6) is -1.18. The zero-order valence-corrected chi connectivity index (χ0v) is 11.1. The normalized spacial score (nSPS) is 14.5. The predicted molar refractivity (Wildman–Crippen MR) is 68.9 cm³/mol. The molecule has 3 nitrogen and oxygen atoms in total. The van der Waals surface area contributed by atoms with Gasteiger partial charge in [0.05, 0.1) is 6.54 Å². The van der Waals surface area contributed by atoms with Crippen molar-refractivity contribution in [1.29, 1.82) is 0 Å². The Hall–Kier alpha value is -1.42. The van der Waals surface area contributed by atoms with Gasteiger partial charge < -0.3 is 5.11 Å². The van der Waals surface area contributed by atoms with Gasteiger partial charge >= 0.3 is 5.97 Å². The summed E-state index contributed by atoms with van der Waals surface area (Å²) >= 11 is 0. The van der Waals surface area contributed by atoms with Crippen molar-refractivity contribution in [3.63, 3.8) is 0 Å². The van der Waals surface area contributed by atoms with Gasteiger partial charge in [0.15, 0.2) is 0 Å². The van der Waals surface area contributed by atoms with Crippen molar-refractivity contribution in [1.82, 2.24) is 4.90 Å². The topological polar surface area (TPSA) is 40.5 Å². The number of aliphatic carboxylic acids is 1. The quantitative estimate of drug-likeness (QED) is 0.847. The summed E-state index contributed by atoms with van der Waals surface area (Å²) in [7, 11) is 0. The number of halogens is 1. The molecular weight excluding hydrogens is 233 g/mol. The van der Waals surface area contributed by atoms with Gasteiger partial charge in [-0.05, 0) is 26.3 Å². The number of carboxylic acid groups (broad SMARTS) is 1. The van der Waals surface area contributed by atoms with Gasteiger partial charge in [0.25, 0.3) is 0 Å². The molecule has 0 saturated heterocycles. The third-order valence-electron chi connectivity index (χ3n) is 3.33. The van der Waals surface area contributed by atoms with E-state index in [2.05, 4.69) is 0 Å². The van der Waals surface area contributed by atoms with Gasteiger partial charge in [-0.2, -0.15) is 0 Å². The molecule has 0 spiro atoms. The Labute approximate surface area is 107 Å². The Kier molecular flexibility index (Phi) is 5.28. The molecule has 4 heteroatoms. The van der Waals surface area contributed by atoms with Crippen LogP contribution < -0.4 is 0 Å².